The number of allylic oxidation sites excluding steroid dienone is 4. The molecule has 0 amide bonds. The first-order valence-electron chi connectivity index (χ1n) is 12.7. The summed E-state index contributed by atoms with van der Waals surface area (Å²) in [5.74, 6) is -1.01. The summed E-state index contributed by atoms with van der Waals surface area (Å²) in [6, 6.07) is 0. The Morgan fingerprint density at radius 2 is 1.28 bits per heavy atom. The standard InChI is InChI=1S/C27H42O7S2/c1-26(2,18-28)12-6-10-23-16-19(29)14-21(35(23)33)8-5-9-22-15-20(30)17-24(36(22)34)11-7-13-27(3,4)25(31)32/h15-16,28,35-36H,5-14,17-18H2,1-4H3,(H-2,31,32,33,34). The highest BCUT2D eigenvalue weighted by Gasteiger charge is 2.28. The van der Waals surface area contributed by atoms with Crippen LogP contribution in [0.25, 0.3) is 0 Å². The summed E-state index contributed by atoms with van der Waals surface area (Å²) < 4.78 is 26.1. The van der Waals surface area contributed by atoms with Crippen LogP contribution in [0, 0.1) is 10.8 Å². The molecule has 7 nitrogen and oxygen atoms in total. The van der Waals surface area contributed by atoms with Crippen molar-refractivity contribution in [3.8, 4) is 0 Å². The van der Waals surface area contributed by atoms with Gasteiger partial charge in [-0.05, 0) is 51.4 Å². The van der Waals surface area contributed by atoms with Crippen LogP contribution in [0.3, 0.4) is 0 Å². The van der Waals surface area contributed by atoms with Crippen LogP contribution in [0.15, 0.2) is 22.0 Å². The van der Waals surface area contributed by atoms with Crippen LogP contribution in [0.1, 0.15) is 98.3 Å². The van der Waals surface area contributed by atoms with Crippen molar-refractivity contribution >= 4 is 48.8 Å². The number of aliphatic carboxylic acids is 1. The maximum absolute atomic E-state index is 13.1. The van der Waals surface area contributed by atoms with E-state index in [1.165, 1.54) is 12.2 Å². The number of carboxylic acids is 1. The topological polar surface area (TPSA) is 138 Å². The first-order chi connectivity index (χ1) is 16.8. The summed E-state index contributed by atoms with van der Waals surface area (Å²) in [4.78, 5) is 38.5. The molecule has 0 aromatic carbocycles. The molecule has 0 bridgehead atoms. The lowest BCUT2D eigenvalue weighted by molar-refractivity contribution is -0.147. The highest BCUT2D eigenvalue weighted by molar-refractivity contribution is 7.95. The van der Waals surface area contributed by atoms with Gasteiger partial charge in [-0.25, -0.2) is 0 Å². The van der Waals surface area contributed by atoms with Crippen LogP contribution >= 0.6 is 0 Å². The molecule has 9 heteroatoms. The van der Waals surface area contributed by atoms with Crippen molar-refractivity contribution in [3.05, 3.63) is 22.0 Å². The van der Waals surface area contributed by atoms with Crippen molar-refractivity contribution in [1.29, 1.82) is 0 Å². The number of carboxylic acid groups (broad SMARTS) is 1. The lowest BCUT2D eigenvalue weighted by Gasteiger charge is -2.23. The van der Waals surface area contributed by atoms with Crippen LogP contribution in [-0.4, -0.2) is 53.2 Å². The summed E-state index contributed by atoms with van der Waals surface area (Å²) in [7, 11) is -3.56. The summed E-state index contributed by atoms with van der Waals surface area (Å²) >= 11 is 0. The van der Waals surface area contributed by atoms with Crippen molar-refractivity contribution in [2.24, 2.45) is 10.8 Å². The molecule has 0 aliphatic carbocycles. The number of thiol groups is 2. The van der Waals surface area contributed by atoms with Crippen LogP contribution in [0.4, 0.5) is 0 Å². The maximum atomic E-state index is 13.1. The lowest BCUT2D eigenvalue weighted by Crippen LogP contribution is -2.25. The van der Waals surface area contributed by atoms with Gasteiger partial charge in [0.1, 0.15) is 0 Å². The largest absolute Gasteiger partial charge is 0.646 e. The first kappa shape index (κ1) is 30.8. The van der Waals surface area contributed by atoms with Gasteiger partial charge in [0, 0.05) is 44.4 Å². The van der Waals surface area contributed by atoms with Crippen LogP contribution in [0.5, 0.6) is 0 Å². The third kappa shape index (κ3) is 9.17. The van der Waals surface area contributed by atoms with E-state index in [1.54, 1.807) is 13.8 Å². The van der Waals surface area contributed by atoms with Gasteiger partial charge in [-0.15, -0.1) is 0 Å². The fourth-order valence-corrected chi connectivity index (χ4v) is 7.79. The monoisotopic (exact) mass is 542 g/mol. The molecule has 0 saturated carbocycles. The van der Waals surface area contributed by atoms with E-state index in [1.807, 2.05) is 13.8 Å². The van der Waals surface area contributed by atoms with E-state index in [9.17, 15) is 33.7 Å². The normalized spacial score (nSPS) is 21.5. The highest BCUT2D eigenvalue weighted by Crippen LogP contribution is 2.28. The Labute approximate surface area is 220 Å². The molecule has 0 saturated heterocycles. The molecule has 2 rings (SSSR count). The fraction of sp³-hybridized carbons (Fsp3) is 0.667. The number of ketones is 2. The molecule has 0 aromatic rings. The van der Waals surface area contributed by atoms with Gasteiger partial charge in [0.15, 0.2) is 11.6 Å². The van der Waals surface area contributed by atoms with Gasteiger partial charge >= 0.3 is 5.97 Å². The second kappa shape index (κ2) is 13.4. The molecule has 0 radical (unpaired) electrons. The smallest absolute Gasteiger partial charge is 0.309 e. The zero-order valence-electron chi connectivity index (χ0n) is 22.0. The maximum Gasteiger partial charge on any atom is 0.309 e. The van der Waals surface area contributed by atoms with Crippen LogP contribution in [-0.2, 0) is 35.9 Å². The number of hydrogen-bond acceptors (Lipinski definition) is 6. The van der Waals surface area contributed by atoms with Gasteiger partial charge in [-0.2, -0.15) is 21.5 Å². The predicted molar refractivity (Wildman–Crippen MR) is 148 cm³/mol. The molecule has 2 unspecified atom stereocenters. The Balaban J connectivity index is 1.97. The SMILES string of the molecule is CC(C)(CO)CCCC1=CC(=O)CC(CCCC2=CC(=O)CC(CCCC(C)(C)C(=O)O)=[SH+]2[O-])=[SH+]1[O-]. The molecule has 2 heterocycles. The molecule has 36 heavy (non-hydrogen) atoms. The molecule has 2 atom stereocenters. The third-order valence-electron chi connectivity index (χ3n) is 6.97. The minimum atomic E-state index is -1.81. The molecule has 0 spiro atoms. The first-order valence-corrected chi connectivity index (χ1v) is 15.2. The Bertz CT molecular complexity index is 1000. The number of aliphatic hydroxyl groups is 1. The molecule has 0 fully saturated rings. The quantitative estimate of drug-likeness (QED) is 0.194. The lowest BCUT2D eigenvalue weighted by atomic mass is 9.87. The molecule has 2 N–H and O–H groups in total. The van der Waals surface area contributed by atoms with E-state index in [-0.39, 0.29) is 36.4 Å². The van der Waals surface area contributed by atoms with Crippen molar-refractivity contribution in [2.75, 3.05) is 6.61 Å². The van der Waals surface area contributed by atoms with E-state index in [0.29, 0.717) is 64.5 Å². The number of hydrogen-bond donors (Lipinski definition) is 2. The average molecular weight is 543 g/mol. The summed E-state index contributed by atoms with van der Waals surface area (Å²) in [6.45, 7) is 7.34. The van der Waals surface area contributed by atoms with E-state index < -0.39 is 32.9 Å². The Kier molecular flexibility index (Phi) is 11.5. The summed E-state index contributed by atoms with van der Waals surface area (Å²) in [6.07, 6.45) is 8.33. The van der Waals surface area contributed by atoms with Crippen molar-refractivity contribution in [2.45, 2.75) is 98.3 Å². The van der Waals surface area contributed by atoms with Gasteiger partial charge in [-0.3, -0.25) is 14.4 Å². The highest BCUT2D eigenvalue weighted by atomic mass is 32.2. The number of carbonyl (C=O) groups is 3. The minimum Gasteiger partial charge on any atom is -0.646 e. The van der Waals surface area contributed by atoms with Gasteiger partial charge in [0.25, 0.3) is 0 Å². The molecule has 0 aromatic heterocycles. The van der Waals surface area contributed by atoms with Crippen molar-refractivity contribution in [3.63, 3.8) is 0 Å². The molecule has 2 aliphatic rings. The minimum absolute atomic E-state index is 0.0472. The molecular weight excluding hydrogens is 500 g/mol. The number of aliphatic hydroxyl groups excluding tert-OH is 1. The Morgan fingerprint density at radius 3 is 1.75 bits per heavy atom. The van der Waals surface area contributed by atoms with Gasteiger partial charge in [0.2, 0.25) is 0 Å². The number of rotatable bonds is 14. The zero-order valence-corrected chi connectivity index (χ0v) is 23.8. The Morgan fingerprint density at radius 1 is 0.833 bits per heavy atom. The van der Waals surface area contributed by atoms with E-state index in [0.717, 1.165) is 12.8 Å². The fourth-order valence-electron chi connectivity index (χ4n) is 4.41. The summed E-state index contributed by atoms with van der Waals surface area (Å²) in [5, 5.41) is 18.7. The third-order valence-corrected chi connectivity index (χ3v) is 10.6. The average Bonchev–Trinajstić information content (AvgIpc) is 2.79. The molecule has 204 valence electrons. The van der Waals surface area contributed by atoms with Crippen LogP contribution in [0.2, 0.25) is 0 Å². The van der Waals surface area contributed by atoms with Gasteiger partial charge in [0.05, 0.1) is 37.8 Å². The second-order valence-corrected chi connectivity index (χ2v) is 14.9. The summed E-state index contributed by atoms with van der Waals surface area (Å²) in [5.41, 5.74) is -1.07. The van der Waals surface area contributed by atoms with E-state index >= 15 is 0 Å². The predicted octanol–water partition coefficient (Wildman–Crippen LogP) is 3.65. The zero-order chi connectivity index (χ0) is 27.1. The molecule has 2 aliphatic heterocycles. The van der Waals surface area contributed by atoms with E-state index in [4.69, 9.17) is 0 Å². The van der Waals surface area contributed by atoms with Crippen molar-refractivity contribution < 1.29 is 33.7 Å². The second-order valence-electron chi connectivity index (χ2n) is 11.4. The van der Waals surface area contributed by atoms with Crippen LogP contribution < -0.4 is 0 Å². The van der Waals surface area contributed by atoms with E-state index in [2.05, 4.69) is 0 Å². The van der Waals surface area contributed by atoms with Crippen molar-refractivity contribution in [1.82, 2.24) is 0 Å². The Hall–Kier alpha value is -1.39. The number of carbonyl (C=O) groups excluding carboxylic acids is 2. The molecular formula is C27H42O7S2. The van der Waals surface area contributed by atoms with Gasteiger partial charge in [-0.1, -0.05) is 13.8 Å². The van der Waals surface area contributed by atoms with Gasteiger partial charge < -0.3 is 19.3 Å².